The van der Waals surface area contributed by atoms with Gasteiger partial charge >= 0.3 is 5.97 Å². The van der Waals surface area contributed by atoms with E-state index in [0.717, 1.165) is 34.9 Å². The zero-order valence-corrected chi connectivity index (χ0v) is 13.0. The van der Waals surface area contributed by atoms with Crippen molar-refractivity contribution in [1.82, 2.24) is 0 Å². The Bertz CT molecular complexity index is 573. The number of aryl methyl sites for hydroxylation is 1. The topological polar surface area (TPSA) is 43.4 Å². The minimum absolute atomic E-state index is 0.0380. The highest BCUT2D eigenvalue weighted by molar-refractivity contribution is 9.10. The van der Waals surface area contributed by atoms with Crippen LogP contribution in [-0.2, 0) is 14.3 Å². The number of ketones is 1. The van der Waals surface area contributed by atoms with Crippen LogP contribution in [0.2, 0.25) is 0 Å². The molecule has 0 bridgehead atoms. The van der Waals surface area contributed by atoms with Crippen LogP contribution >= 0.6 is 15.9 Å². The fraction of sp³-hybridized carbons (Fsp3) is 0.500. The Kier molecular flexibility index (Phi) is 3.44. The Labute approximate surface area is 126 Å². The van der Waals surface area contributed by atoms with Crippen LogP contribution in [0.3, 0.4) is 0 Å². The lowest BCUT2D eigenvalue weighted by Gasteiger charge is -2.29. The summed E-state index contributed by atoms with van der Waals surface area (Å²) in [6.45, 7) is 1.95. The molecule has 1 saturated carbocycles. The molecule has 0 aromatic heterocycles. The van der Waals surface area contributed by atoms with Gasteiger partial charge < -0.3 is 4.74 Å². The second kappa shape index (κ2) is 4.99. The SMILES string of the molecule is Cc1cc(C2C(=O)OC3(CCCCC3)C2=O)ccc1Br. The van der Waals surface area contributed by atoms with Crippen molar-refractivity contribution < 1.29 is 14.3 Å². The van der Waals surface area contributed by atoms with Crippen molar-refractivity contribution in [3.05, 3.63) is 33.8 Å². The van der Waals surface area contributed by atoms with Crippen molar-refractivity contribution in [2.24, 2.45) is 0 Å². The number of ether oxygens (including phenoxy) is 1. The Morgan fingerprint density at radius 3 is 2.55 bits per heavy atom. The molecule has 1 aromatic rings. The summed E-state index contributed by atoms with van der Waals surface area (Å²) in [5.74, 6) is -1.15. The van der Waals surface area contributed by atoms with E-state index in [4.69, 9.17) is 4.74 Å². The summed E-state index contributed by atoms with van der Waals surface area (Å²) in [6, 6.07) is 5.62. The Balaban J connectivity index is 1.95. The largest absolute Gasteiger partial charge is 0.450 e. The lowest BCUT2D eigenvalue weighted by atomic mass is 9.78. The lowest BCUT2D eigenvalue weighted by molar-refractivity contribution is -0.154. The van der Waals surface area contributed by atoms with Gasteiger partial charge in [-0.2, -0.15) is 0 Å². The van der Waals surface area contributed by atoms with E-state index in [2.05, 4.69) is 15.9 Å². The quantitative estimate of drug-likeness (QED) is 0.580. The van der Waals surface area contributed by atoms with Crippen molar-refractivity contribution in [2.45, 2.75) is 50.5 Å². The summed E-state index contributed by atoms with van der Waals surface area (Å²) in [4.78, 5) is 24.9. The third-order valence-electron chi connectivity index (χ3n) is 4.42. The van der Waals surface area contributed by atoms with Crippen LogP contribution in [0, 0.1) is 6.92 Å². The van der Waals surface area contributed by atoms with E-state index >= 15 is 0 Å². The molecule has 2 aliphatic rings. The first-order chi connectivity index (χ1) is 9.53. The second-order valence-electron chi connectivity index (χ2n) is 5.78. The number of carbonyl (C=O) groups is 2. The molecule has 1 aliphatic carbocycles. The second-order valence-corrected chi connectivity index (χ2v) is 6.64. The maximum Gasteiger partial charge on any atom is 0.322 e. The summed E-state index contributed by atoms with van der Waals surface area (Å²) in [5.41, 5.74) is 0.942. The number of rotatable bonds is 1. The first kappa shape index (κ1) is 13.8. The maximum atomic E-state index is 12.7. The number of esters is 1. The normalized spacial score (nSPS) is 25.0. The highest BCUT2D eigenvalue weighted by Gasteiger charge is 2.55. The third kappa shape index (κ3) is 2.10. The van der Waals surface area contributed by atoms with Gasteiger partial charge in [0.15, 0.2) is 11.4 Å². The van der Waals surface area contributed by atoms with Gasteiger partial charge in [0.2, 0.25) is 0 Å². The summed E-state index contributed by atoms with van der Waals surface area (Å²) in [6.07, 6.45) is 4.41. The summed E-state index contributed by atoms with van der Waals surface area (Å²) in [7, 11) is 0. The van der Waals surface area contributed by atoms with E-state index < -0.39 is 11.5 Å². The van der Waals surface area contributed by atoms with Crippen LogP contribution in [0.15, 0.2) is 22.7 Å². The molecule has 0 amide bonds. The van der Waals surface area contributed by atoms with Crippen LogP contribution in [0.1, 0.15) is 49.1 Å². The van der Waals surface area contributed by atoms with Crippen LogP contribution in [0.5, 0.6) is 0 Å². The molecule has 2 fully saturated rings. The van der Waals surface area contributed by atoms with E-state index in [-0.39, 0.29) is 11.8 Å². The Hall–Kier alpha value is -1.16. The number of benzene rings is 1. The third-order valence-corrected chi connectivity index (χ3v) is 5.31. The van der Waals surface area contributed by atoms with E-state index in [1.54, 1.807) is 0 Å². The number of halogens is 1. The van der Waals surface area contributed by atoms with E-state index in [0.29, 0.717) is 12.8 Å². The molecule has 1 aromatic carbocycles. The molecule has 4 heteroatoms. The summed E-state index contributed by atoms with van der Waals surface area (Å²) < 4.78 is 6.52. The molecule has 3 nitrogen and oxygen atoms in total. The minimum Gasteiger partial charge on any atom is -0.450 e. The monoisotopic (exact) mass is 336 g/mol. The van der Waals surface area contributed by atoms with Crippen LogP contribution in [0.25, 0.3) is 0 Å². The first-order valence-electron chi connectivity index (χ1n) is 7.07. The molecule has 1 spiro atoms. The van der Waals surface area contributed by atoms with Gasteiger partial charge in [0.25, 0.3) is 0 Å². The van der Waals surface area contributed by atoms with Crippen molar-refractivity contribution in [3.8, 4) is 0 Å². The molecule has 0 N–H and O–H groups in total. The lowest BCUT2D eigenvalue weighted by Crippen LogP contribution is -2.39. The Morgan fingerprint density at radius 2 is 1.90 bits per heavy atom. The van der Waals surface area contributed by atoms with Crippen molar-refractivity contribution in [1.29, 1.82) is 0 Å². The predicted molar refractivity (Wildman–Crippen MR) is 78.5 cm³/mol. The van der Waals surface area contributed by atoms with Crippen LogP contribution < -0.4 is 0 Å². The highest BCUT2D eigenvalue weighted by atomic mass is 79.9. The van der Waals surface area contributed by atoms with Crippen LogP contribution in [0.4, 0.5) is 0 Å². The smallest absolute Gasteiger partial charge is 0.322 e. The molecule has 1 atom stereocenters. The standard InChI is InChI=1S/C16H17BrO3/c1-10-9-11(5-6-12(10)17)13-14(18)16(20-15(13)19)7-3-2-4-8-16/h5-6,9,13H,2-4,7-8H2,1H3. The predicted octanol–water partition coefficient (Wildman–Crippen LogP) is 3.67. The maximum absolute atomic E-state index is 12.7. The number of carbonyl (C=O) groups excluding carboxylic acids is 2. The van der Waals surface area contributed by atoms with Crippen LogP contribution in [-0.4, -0.2) is 17.4 Å². The fourth-order valence-corrected chi connectivity index (χ4v) is 3.52. The van der Waals surface area contributed by atoms with Gasteiger partial charge in [-0.05, 0) is 49.8 Å². The molecule has 1 aliphatic heterocycles. The molecule has 106 valence electrons. The zero-order chi connectivity index (χ0) is 14.3. The molecular weight excluding hydrogens is 320 g/mol. The molecule has 1 heterocycles. The van der Waals surface area contributed by atoms with Crippen molar-refractivity contribution in [3.63, 3.8) is 0 Å². The first-order valence-corrected chi connectivity index (χ1v) is 7.86. The van der Waals surface area contributed by atoms with Gasteiger partial charge in [0.05, 0.1) is 0 Å². The molecule has 1 unspecified atom stereocenters. The molecule has 3 rings (SSSR count). The zero-order valence-electron chi connectivity index (χ0n) is 11.4. The van der Waals surface area contributed by atoms with Crippen molar-refractivity contribution in [2.75, 3.05) is 0 Å². The van der Waals surface area contributed by atoms with Gasteiger partial charge in [-0.1, -0.05) is 34.5 Å². The Morgan fingerprint density at radius 1 is 1.20 bits per heavy atom. The fourth-order valence-electron chi connectivity index (χ4n) is 3.28. The van der Waals surface area contributed by atoms with Gasteiger partial charge in [-0.25, -0.2) is 0 Å². The summed E-state index contributed by atoms with van der Waals surface area (Å²) in [5, 5.41) is 0. The number of hydrogen-bond donors (Lipinski definition) is 0. The molecule has 0 radical (unpaired) electrons. The average molecular weight is 337 g/mol. The van der Waals surface area contributed by atoms with Gasteiger partial charge in [0.1, 0.15) is 5.92 Å². The summed E-state index contributed by atoms with van der Waals surface area (Å²) >= 11 is 3.44. The molecule has 20 heavy (non-hydrogen) atoms. The molecular formula is C16H17BrO3. The minimum atomic E-state index is -0.832. The van der Waals surface area contributed by atoms with E-state index in [9.17, 15) is 9.59 Å². The van der Waals surface area contributed by atoms with Gasteiger partial charge in [0, 0.05) is 4.47 Å². The number of Topliss-reactive ketones (excluding diaryl/α,β-unsaturated/α-hetero) is 1. The van der Waals surface area contributed by atoms with Gasteiger partial charge in [-0.3, -0.25) is 9.59 Å². The van der Waals surface area contributed by atoms with E-state index in [1.165, 1.54) is 0 Å². The molecule has 1 saturated heterocycles. The highest BCUT2D eigenvalue weighted by Crippen LogP contribution is 2.43. The van der Waals surface area contributed by atoms with E-state index in [1.807, 2.05) is 25.1 Å². The number of hydrogen-bond acceptors (Lipinski definition) is 3. The van der Waals surface area contributed by atoms with Crippen molar-refractivity contribution >= 4 is 27.7 Å². The average Bonchev–Trinajstić information content (AvgIpc) is 2.66. The van der Waals surface area contributed by atoms with Gasteiger partial charge in [-0.15, -0.1) is 0 Å².